The van der Waals surface area contributed by atoms with Gasteiger partial charge in [-0.3, -0.25) is 4.79 Å². The van der Waals surface area contributed by atoms with Gasteiger partial charge in [-0.15, -0.1) is 0 Å². The molecule has 4 aliphatic rings. The number of phenolic OH excluding ortho intramolecular Hbond substituents is 1. The Kier molecular flexibility index (Phi) is 6.52. The molecule has 0 spiro atoms. The third-order valence-electron chi connectivity index (χ3n) is 11.1. The molecular weight excluding hydrogens is 440 g/mol. The zero-order chi connectivity index (χ0) is 25.0. The largest absolute Gasteiger partial charge is 0.507 e. The number of aryl methyl sites for hydroxylation is 1. The molecule has 0 bridgehead atoms. The molecule has 192 valence electrons. The summed E-state index contributed by atoms with van der Waals surface area (Å²) in [4.78, 5) is 24.4. The van der Waals surface area contributed by atoms with E-state index in [-0.39, 0.29) is 28.2 Å². The van der Waals surface area contributed by atoms with Crippen LogP contribution in [0.25, 0.3) is 0 Å². The predicted molar refractivity (Wildman–Crippen MR) is 134 cm³/mol. The number of methoxy groups -OCH3 is 1. The molecule has 0 aliphatic heterocycles. The Morgan fingerprint density at radius 2 is 1.89 bits per heavy atom. The number of carbonyl (C=O) groups is 2. The molecule has 0 heterocycles. The number of ether oxygens (including phenoxy) is 1. The van der Waals surface area contributed by atoms with Crippen molar-refractivity contribution in [1.82, 2.24) is 0 Å². The zero-order valence-corrected chi connectivity index (χ0v) is 21.6. The maximum Gasteiger partial charge on any atom is 0.341 e. The van der Waals surface area contributed by atoms with Crippen molar-refractivity contribution < 1.29 is 24.5 Å². The highest BCUT2D eigenvalue weighted by molar-refractivity contribution is 5.92. The Hall–Kier alpha value is -1.88. The SMILES string of the molecule is COC(=O)c1cc(CCC[C@@H]2C[C@H]3CC(=O)CC[C@]3(C)[C@H]3CC[C@]4(C)[C@@H](O)CC[C@H]4[C@H]23)ccc1O. The summed E-state index contributed by atoms with van der Waals surface area (Å²) < 4.78 is 4.81. The van der Waals surface area contributed by atoms with E-state index in [1.54, 1.807) is 12.1 Å². The molecule has 5 heteroatoms. The van der Waals surface area contributed by atoms with Crippen LogP contribution in [0.4, 0.5) is 0 Å². The third kappa shape index (κ3) is 4.12. The average Bonchev–Trinajstić information content (AvgIpc) is 3.14. The van der Waals surface area contributed by atoms with Gasteiger partial charge in [-0.05, 0) is 116 Å². The van der Waals surface area contributed by atoms with Gasteiger partial charge in [-0.1, -0.05) is 19.9 Å². The van der Waals surface area contributed by atoms with Crippen molar-refractivity contribution in [2.24, 2.45) is 40.4 Å². The van der Waals surface area contributed by atoms with Gasteiger partial charge in [0, 0.05) is 12.8 Å². The van der Waals surface area contributed by atoms with Crippen molar-refractivity contribution in [3.05, 3.63) is 29.3 Å². The summed E-state index contributed by atoms with van der Waals surface area (Å²) in [5.41, 5.74) is 1.57. The van der Waals surface area contributed by atoms with E-state index in [0.717, 1.165) is 69.8 Å². The first-order valence-electron chi connectivity index (χ1n) is 13.8. The summed E-state index contributed by atoms with van der Waals surface area (Å²) in [6, 6.07) is 5.24. The molecule has 35 heavy (non-hydrogen) atoms. The molecule has 0 radical (unpaired) electrons. The fourth-order valence-electron chi connectivity index (χ4n) is 9.07. The Balaban J connectivity index is 1.36. The maximum absolute atomic E-state index is 12.5. The van der Waals surface area contributed by atoms with Crippen LogP contribution < -0.4 is 0 Å². The van der Waals surface area contributed by atoms with E-state index in [1.165, 1.54) is 13.5 Å². The molecular formula is C30H42O5. The molecule has 5 rings (SSSR count). The molecule has 4 aliphatic carbocycles. The Labute approximate surface area is 209 Å². The van der Waals surface area contributed by atoms with Gasteiger partial charge in [0.05, 0.1) is 13.2 Å². The Morgan fingerprint density at radius 1 is 1.11 bits per heavy atom. The minimum Gasteiger partial charge on any atom is -0.507 e. The number of ketones is 1. The molecule has 5 nitrogen and oxygen atoms in total. The van der Waals surface area contributed by atoms with Gasteiger partial charge in [-0.2, -0.15) is 0 Å². The summed E-state index contributed by atoms with van der Waals surface area (Å²) in [5.74, 6) is 2.83. The quantitative estimate of drug-likeness (QED) is 0.526. The molecule has 8 atom stereocenters. The maximum atomic E-state index is 12.5. The fourth-order valence-corrected chi connectivity index (χ4v) is 9.07. The highest BCUT2D eigenvalue weighted by atomic mass is 16.5. The lowest BCUT2D eigenvalue weighted by atomic mass is 9.42. The van der Waals surface area contributed by atoms with E-state index in [2.05, 4.69) is 13.8 Å². The number of fused-ring (bicyclic) bond motifs is 5. The van der Waals surface area contributed by atoms with Gasteiger partial charge in [0.2, 0.25) is 0 Å². The number of hydrogen-bond acceptors (Lipinski definition) is 5. The van der Waals surface area contributed by atoms with E-state index < -0.39 is 5.97 Å². The van der Waals surface area contributed by atoms with Crippen LogP contribution in [0, 0.1) is 40.4 Å². The van der Waals surface area contributed by atoms with Crippen LogP contribution in [-0.2, 0) is 16.0 Å². The van der Waals surface area contributed by atoms with Crippen molar-refractivity contribution in [2.75, 3.05) is 7.11 Å². The third-order valence-corrected chi connectivity index (χ3v) is 11.1. The van der Waals surface area contributed by atoms with Crippen molar-refractivity contribution in [2.45, 2.75) is 90.6 Å². The fraction of sp³-hybridized carbons (Fsp3) is 0.733. The van der Waals surface area contributed by atoms with Crippen molar-refractivity contribution >= 4 is 11.8 Å². The van der Waals surface area contributed by atoms with E-state index >= 15 is 0 Å². The second kappa shape index (κ2) is 9.21. The number of aromatic hydroxyl groups is 1. The van der Waals surface area contributed by atoms with Gasteiger partial charge in [0.15, 0.2) is 0 Å². The monoisotopic (exact) mass is 482 g/mol. The van der Waals surface area contributed by atoms with Crippen LogP contribution in [0.5, 0.6) is 5.75 Å². The van der Waals surface area contributed by atoms with Crippen LogP contribution >= 0.6 is 0 Å². The smallest absolute Gasteiger partial charge is 0.341 e. The lowest BCUT2D eigenvalue weighted by molar-refractivity contribution is -0.156. The number of phenols is 1. The van der Waals surface area contributed by atoms with Gasteiger partial charge >= 0.3 is 5.97 Å². The molecule has 4 saturated carbocycles. The Bertz CT molecular complexity index is 987. The van der Waals surface area contributed by atoms with E-state index in [0.29, 0.717) is 35.4 Å². The van der Waals surface area contributed by atoms with Gasteiger partial charge < -0.3 is 14.9 Å². The van der Waals surface area contributed by atoms with Crippen LogP contribution in [0.1, 0.15) is 94.0 Å². The number of esters is 1. The highest BCUT2D eigenvalue weighted by Crippen LogP contribution is 2.67. The Morgan fingerprint density at radius 3 is 2.66 bits per heavy atom. The normalized spacial score (nSPS) is 40.5. The molecule has 0 unspecified atom stereocenters. The minimum absolute atomic E-state index is 0.0411. The minimum atomic E-state index is -0.512. The highest BCUT2D eigenvalue weighted by Gasteiger charge is 2.62. The van der Waals surface area contributed by atoms with Crippen molar-refractivity contribution in [3.63, 3.8) is 0 Å². The molecule has 0 aromatic heterocycles. The second-order valence-electron chi connectivity index (χ2n) is 12.6. The first-order valence-corrected chi connectivity index (χ1v) is 13.8. The molecule has 0 saturated heterocycles. The lowest BCUT2D eigenvalue weighted by Crippen LogP contribution is -2.57. The number of aliphatic hydroxyl groups is 1. The van der Waals surface area contributed by atoms with Crippen LogP contribution in [0.2, 0.25) is 0 Å². The second-order valence-corrected chi connectivity index (χ2v) is 12.6. The molecule has 1 aromatic carbocycles. The topological polar surface area (TPSA) is 83.8 Å². The van der Waals surface area contributed by atoms with Crippen LogP contribution in [0.3, 0.4) is 0 Å². The van der Waals surface area contributed by atoms with Crippen molar-refractivity contribution in [1.29, 1.82) is 0 Å². The number of carbonyl (C=O) groups excluding carboxylic acids is 2. The molecule has 2 N–H and O–H groups in total. The molecule has 1 aromatic rings. The van der Waals surface area contributed by atoms with E-state index in [1.807, 2.05) is 6.07 Å². The summed E-state index contributed by atoms with van der Waals surface area (Å²) in [5, 5.41) is 21.0. The number of rotatable bonds is 5. The van der Waals surface area contributed by atoms with Gasteiger partial charge in [0.25, 0.3) is 0 Å². The standard InChI is InChI=1S/C30H42O5/c1-29-13-11-21(31)17-20(29)16-19(27-23-8-10-26(33)30(23,2)14-12-24(27)29)6-4-5-18-7-9-25(32)22(15-18)28(34)35-3/h7,9,15,19-20,23-24,26-27,32-33H,4-6,8,10-14,16-17H2,1-3H3/t19-,20+,23+,24+,26+,27+,29+,30+/m1/s1. The number of Topliss-reactive ketones (excluding diaryl/α,β-unsaturated/α-hetero) is 1. The lowest BCUT2D eigenvalue weighted by Gasteiger charge is -2.62. The summed E-state index contributed by atoms with van der Waals surface area (Å²) in [6.07, 6.45) is 10.8. The molecule has 4 fully saturated rings. The van der Waals surface area contributed by atoms with Crippen molar-refractivity contribution in [3.8, 4) is 5.75 Å². The average molecular weight is 483 g/mol. The van der Waals surface area contributed by atoms with Crippen LogP contribution in [-0.4, -0.2) is 35.2 Å². The van der Waals surface area contributed by atoms with E-state index in [9.17, 15) is 19.8 Å². The predicted octanol–water partition coefficient (Wildman–Crippen LogP) is 5.70. The summed E-state index contributed by atoms with van der Waals surface area (Å²) in [6.45, 7) is 4.82. The van der Waals surface area contributed by atoms with Crippen LogP contribution in [0.15, 0.2) is 18.2 Å². The number of aliphatic hydroxyl groups excluding tert-OH is 1. The number of hydrogen-bond donors (Lipinski definition) is 2. The van der Waals surface area contributed by atoms with Gasteiger partial charge in [-0.25, -0.2) is 4.79 Å². The van der Waals surface area contributed by atoms with E-state index in [4.69, 9.17) is 4.74 Å². The first kappa shape index (κ1) is 24.8. The number of benzene rings is 1. The summed E-state index contributed by atoms with van der Waals surface area (Å²) >= 11 is 0. The summed E-state index contributed by atoms with van der Waals surface area (Å²) in [7, 11) is 1.33. The molecule has 0 amide bonds. The first-order chi connectivity index (χ1) is 16.7. The zero-order valence-electron chi connectivity index (χ0n) is 21.6. The van der Waals surface area contributed by atoms with Gasteiger partial charge in [0.1, 0.15) is 17.1 Å².